The lowest BCUT2D eigenvalue weighted by atomic mass is 10.4. The zero-order chi connectivity index (χ0) is 17.1. The van der Waals surface area contributed by atoms with Crippen LogP contribution in [0.5, 0.6) is 0 Å². The van der Waals surface area contributed by atoms with E-state index in [-0.39, 0.29) is 12.2 Å². The molecule has 9 heteroatoms. The van der Waals surface area contributed by atoms with Crippen molar-refractivity contribution >= 4 is 8.80 Å². The van der Waals surface area contributed by atoms with Crippen LogP contribution in [-0.4, -0.2) is 94.7 Å². The quantitative estimate of drug-likeness (QED) is 0.306. The summed E-state index contributed by atoms with van der Waals surface area (Å²) in [4.78, 5) is 0. The molecule has 0 aliphatic carbocycles. The minimum Gasteiger partial charge on any atom is -0.382 e. The van der Waals surface area contributed by atoms with Crippen molar-refractivity contribution in [2.45, 2.75) is 24.7 Å². The Morgan fingerprint density at radius 1 is 0.917 bits per heavy atom. The molecule has 2 saturated heterocycles. The molecule has 0 aromatic rings. The Morgan fingerprint density at radius 3 is 2.21 bits per heavy atom. The van der Waals surface area contributed by atoms with Crippen molar-refractivity contribution in [1.82, 2.24) is 0 Å². The Hall–Kier alpha value is -0.103. The Kier molecular flexibility index (Phi) is 9.69. The Bertz CT molecular complexity index is 325. The van der Waals surface area contributed by atoms with Gasteiger partial charge in [0.25, 0.3) is 0 Å². The van der Waals surface area contributed by atoms with E-state index in [0.29, 0.717) is 59.5 Å². The lowest BCUT2D eigenvalue weighted by Crippen LogP contribution is -2.38. The van der Waals surface area contributed by atoms with E-state index < -0.39 is 8.80 Å². The second-order valence-corrected chi connectivity index (χ2v) is 8.46. The largest absolute Gasteiger partial charge is 0.501 e. The van der Waals surface area contributed by atoms with Gasteiger partial charge in [0.05, 0.1) is 59.0 Å². The predicted octanol–water partition coefficient (Wildman–Crippen LogP) is 0.472. The summed E-state index contributed by atoms with van der Waals surface area (Å²) in [5.74, 6) is 0. The van der Waals surface area contributed by atoms with E-state index in [1.165, 1.54) is 0 Å². The summed E-state index contributed by atoms with van der Waals surface area (Å²) in [5, 5.41) is 0. The lowest BCUT2D eigenvalue weighted by Gasteiger charge is -2.20. The summed E-state index contributed by atoms with van der Waals surface area (Å²) in [7, 11) is 0.966. The molecule has 0 saturated carbocycles. The monoisotopic (exact) mass is 366 g/mol. The molecule has 2 aliphatic rings. The van der Waals surface area contributed by atoms with Crippen LogP contribution in [0.25, 0.3) is 0 Å². The molecule has 0 amide bonds. The molecule has 0 spiro atoms. The molecule has 2 rings (SSSR count). The van der Waals surface area contributed by atoms with Gasteiger partial charge in [0.1, 0.15) is 6.10 Å². The van der Waals surface area contributed by atoms with E-state index in [1.807, 2.05) is 0 Å². The number of fused-ring (bicyclic) bond motifs is 2. The average Bonchev–Trinajstić information content (AvgIpc) is 3.19. The molecule has 24 heavy (non-hydrogen) atoms. The van der Waals surface area contributed by atoms with Gasteiger partial charge in [-0.2, -0.15) is 0 Å². The van der Waals surface area contributed by atoms with Crippen LogP contribution in [0.4, 0.5) is 0 Å². The van der Waals surface area contributed by atoms with Gasteiger partial charge >= 0.3 is 8.80 Å². The highest BCUT2D eigenvalue weighted by atomic mass is 28.4. The normalized spacial score (nSPS) is 27.0. The SMILES string of the molecule is COCCOCC(COCCC[Si]12OCC(CO1)O2)OCCOC. The zero-order valence-corrected chi connectivity index (χ0v) is 15.7. The molecule has 0 aromatic carbocycles. The van der Waals surface area contributed by atoms with E-state index >= 15 is 0 Å². The van der Waals surface area contributed by atoms with Crippen LogP contribution < -0.4 is 0 Å². The number of hydrogen-bond donors (Lipinski definition) is 0. The van der Waals surface area contributed by atoms with Crippen LogP contribution >= 0.6 is 0 Å². The molecule has 0 N–H and O–H groups in total. The first-order valence-corrected chi connectivity index (χ1v) is 10.4. The van der Waals surface area contributed by atoms with Gasteiger partial charge in [-0.3, -0.25) is 0 Å². The third-order valence-electron chi connectivity index (χ3n) is 3.78. The highest BCUT2D eigenvalue weighted by Crippen LogP contribution is 2.32. The molecule has 1 unspecified atom stereocenters. The van der Waals surface area contributed by atoms with Crippen molar-refractivity contribution in [2.75, 3.05) is 73.7 Å². The first-order chi connectivity index (χ1) is 11.8. The summed E-state index contributed by atoms with van der Waals surface area (Å²) in [6.45, 7) is 5.13. The van der Waals surface area contributed by atoms with Gasteiger partial charge in [0, 0.05) is 26.9 Å². The number of methoxy groups -OCH3 is 2. The topological polar surface area (TPSA) is 73.8 Å². The van der Waals surface area contributed by atoms with Crippen molar-refractivity contribution in [2.24, 2.45) is 0 Å². The van der Waals surface area contributed by atoms with Crippen molar-refractivity contribution in [3.8, 4) is 0 Å². The maximum Gasteiger partial charge on any atom is 0.501 e. The number of rotatable bonds is 15. The van der Waals surface area contributed by atoms with Gasteiger partial charge in [0.15, 0.2) is 0 Å². The van der Waals surface area contributed by atoms with Crippen LogP contribution in [0.2, 0.25) is 6.04 Å². The van der Waals surface area contributed by atoms with Crippen molar-refractivity contribution in [3.05, 3.63) is 0 Å². The van der Waals surface area contributed by atoms with Crippen LogP contribution in [0.1, 0.15) is 6.42 Å². The van der Waals surface area contributed by atoms with Crippen LogP contribution in [0, 0.1) is 0 Å². The van der Waals surface area contributed by atoms with Gasteiger partial charge in [-0.05, 0) is 6.42 Å². The summed E-state index contributed by atoms with van der Waals surface area (Å²) < 4.78 is 44.1. The maximum absolute atomic E-state index is 5.80. The second kappa shape index (κ2) is 11.5. The maximum atomic E-state index is 5.80. The Morgan fingerprint density at radius 2 is 1.58 bits per heavy atom. The molecule has 2 bridgehead atoms. The summed E-state index contributed by atoms with van der Waals surface area (Å²) in [6.07, 6.45) is 0.896. The van der Waals surface area contributed by atoms with E-state index in [2.05, 4.69) is 0 Å². The van der Waals surface area contributed by atoms with Gasteiger partial charge in [0.2, 0.25) is 0 Å². The fourth-order valence-electron chi connectivity index (χ4n) is 2.53. The minimum absolute atomic E-state index is 0.112. The van der Waals surface area contributed by atoms with E-state index in [4.69, 9.17) is 37.0 Å². The van der Waals surface area contributed by atoms with Gasteiger partial charge in [-0.25, -0.2) is 0 Å². The summed E-state index contributed by atoms with van der Waals surface area (Å²) in [6, 6.07) is 0.809. The molecule has 0 radical (unpaired) electrons. The fraction of sp³-hybridized carbons (Fsp3) is 1.00. The van der Waals surface area contributed by atoms with Crippen molar-refractivity contribution in [1.29, 1.82) is 0 Å². The molecule has 2 heterocycles. The highest BCUT2D eigenvalue weighted by Gasteiger charge is 2.54. The first-order valence-electron chi connectivity index (χ1n) is 8.48. The van der Waals surface area contributed by atoms with E-state index in [1.54, 1.807) is 14.2 Å². The average molecular weight is 366 g/mol. The number of hydrogen-bond acceptors (Lipinski definition) is 8. The molecule has 2 aliphatic heterocycles. The van der Waals surface area contributed by atoms with E-state index in [0.717, 1.165) is 12.5 Å². The molecule has 2 fully saturated rings. The lowest BCUT2D eigenvalue weighted by molar-refractivity contribution is -0.0743. The standard InChI is InChI=1S/C15H30O8Si/c1-16-5-7-19-11-14(20-8-6-17-2)10-18-4-3-9-24-21-12-15(23-24)13-22-24/h14-15H,3-13H2,1-2H3. The molecule has 142 valence electrons. The summed E-state index contributed by atoms with van der Waals surface area (Å²) >= 11 is 0. The van der Waals surface area contributed by atoms with Gasteiger partial charge < -0.3 is 37.0 Å². The molecular weight excluding hydrogens is 336 g/mol. The van der Waals surface area contributed by atoms with Crippen molar-refractivity contribution < 1.29 is 37.0 Å². The number of ether oxygens (including phenoxy) is 5. The first kappa shape index (κ1) is 20.2. The smallest absolute Gasteiger partial charge is 0.382 e. The molecule has 1 atom stereocenters. The molecular formula is C15H30O8Si. The Labute approximate surface area is 144 Å². The molecule has 8 nitrogen and oxygen atoms in total. The van der Waals surface area contributed by atoms with Crippen molar-refractivity contribution in [3.63, 3.8) is 0 Å². The zero-order valence-electron chi connectivity index (χ0n) is 14.7. The highest BCUT2D eigenvalue weighted by molar-refractivity contribution is 6.61. The van der Waals surface area contributed by atoms with E-state index in [9.17, 15) is 0 Å². The third kappa shape index (κ3) is 7.02. The predicted molar refractivity (Wildman–Crippen MR) is 87.1 cm³/mol. The van der Waals surface area contributed by atoms with Crippen LogP contribution in [0.15, 0.2) is 0 Å². The van der Waals surface area contributed by atoms with Crippen LogP contribution in [-0.2, 0) is 37.0 Å². The minimum atomic E-state index is -2.33. The summed E-state index contributed by atoms with van der Waals surface area (Å²) in [5.41, 5.74) is 0. The fourth-order valence-corrected chi connectivity index (χ4v) is 5.25. The van der Waals surface area contributed by atoms with Crippen LogP contribution in [0.3, 0.4) is 0 Å². The van der Waals surface area contributed by atoms with Gasteiger partial charge in [-0.1, -0.05) is 0 Å². The second-order valence-electron chi connectivity index (χ2n) is 5.78. The Balaban J connectivity index is 1.54. The third-order valence-corrected chi connectivity index (χ3v) is 6.65. The molecule has 0 aromatic heterocycles. The van der Waals surface area contributed by atoms with Gasteiger partial charge in [-0.15, -0.1) is 0 Å².